The third kappa shape index (κ3) is 6.76. The number of hydrogen-bond donors (Lipinski definition) is 1. The Balaban J connectivity index is 1.37. The lowest BCUT2D eigenvalue weighted by molar-refractivity contribution is -0.0606. The van der Waals surface area contributed by atoms with Crippen LogP contribution in [0.1, 0.15) is 37.3 Å². The highest BCUT2D eigenvalue weighted by Crippen LogP contribution is 2.37. The SMILES string of the molecule is O=C(OC[C@@H]1O[C@@H](n2cnc3c(=S)nc[nH]c32)[C@@H](OC(=O)c2ccc(Cl)cc2)[C@H]1OC(=O)c1ccc(Cl)cc1)c1ccc(Cl)cc1. The van der Waals surface area contributed by atoms with Gasteiger partial charge in [-0.25, -0.2) is 24.4 Å². The van der Waals surface area contributed by atoms with Gasteiger partial charge in [0.1, 0.15) is 23.9 Å². The van der Waals surface area contributed by atoms with E-state index >= 15 is 0 Å². The second-order valence-electron chi connectivity index (χ2n) is 9.98. The van der Waals surface area contributed by atoms with Crippen LogP contribution in [0.15, 0.2) is 85.5 Å². The summed E-state index contributed by atoms with van der Waals surface area (Å²) in [5.74, 6) is -2.18. The van der Waals surface area contributed by atoms with Gasteiger partial charge in [-0.3, -0.25) is 4.57 Å². The van der Waals surface area contributed by atoms with E-state index in [1.165, 1.54) is 77.9 Å². The Morgan fingerprint density at radius 2 is 1.26 bits per heavy atom. The first-order valence-electron chi connectivity index (χ1n) is 13.6. The molecule has 0 radical (unpaired) electrons. The van der Waals surface area contributed by atoms with Crippen molar-refractivity contribution in [1.29, 1.82) is 0 Å². The predicted molar refractivity (Wildman–Crippen MR) is 170 cm³/mol. The Hall–Kier alpha value is -4.33. The van der Waals surface area contributed by atoms with Gasteiger partial charge < -0.3 is 23.9 Å². The topological polar surface area (TPSA) is 135 Å². The first-order chi connectivity index (χ1) is 22.2. The molecule has 3 aromatic carbocycles. The van der Waals surface area contributed by atoms with Gasteiger partial charge in [-0.1, -0.05) is 47.0 Å². The van der Waals surface area contributed by atoms with Crippen LogP contribution in [0.5, 0.6) is 0 Å². The van der Waals surface area contributed by atoms with Crippen LogP contribution in [0, 0.1) is 4.64 Å². The lowest BCUT2D eigenvalue weighted by Crippen LogP contribution is -2.41. The largest absolute Gasteiger partial charge is 0.459 e. The third-order valence-corrected chi connectivity index (χ3v) is 8.10. The number of imidazole rings is 1. The number of ether oxygens (including phenoxy) is 4. The van der Waals surface area contributed by atoms with Gasteiger partial charge in [0.25, 0.3) is 0 Å². The molecular weight excluding hydrogens is 679 g/mol. The van der Waals surface area contributed by atoms with Gasteiger partial charge in [-0.05, 0) is 72.8 Å². The molecule has 0 unspecified atom stereocenters. The summed E-state index contributed by atoms with van der Waals surface area (Å²) in [6.45, 7) is -0.379. The molecule has 1 aliphatic rings. The summed E-state index contributed by atoms with van der Waals surface area (Å²) in [5, 5.41) is 1.28. The van der Waals surface area contributed by atoms with Crippen molar-refractivity contribution in [3.05, 3.63) is 122 Å². The van der Waals surface area contributed by atoms with Crippen molar-refractivity contribution < 1.29 is 33.3 Å². The van der Waals surface area contributed by atoms with E-state index < -0.39 is 42.4 Å². The minimum absolute atomic E-state index is 0.177. The number of halogens is 3. The van der Waals surface area contributed by atoms with Crippen molar-refractivity contribution in [3.63, 3.8) is 0 Å². The molecule has 1 N–H and O–H groups in total. The second-order valence-corrected chi connectivity index (χ2v) is 11.7. The Bertz CT molecular complexity index is 1970. The smallest absolute Gasteiger partial charge is 0.338 e. The van der Waals surface area contributed by atoms with E-state index in [9.17, 15) is 14.4 Å². The number of hydrogen-bond acceptors (Lipinski definition) is 10. The third-order valence-electron chi connectivity index (χ3n) is 7.04. The zero-order chi connectivity index (χ0) is 32.4. The molecule has 1 fully saturated rings. The number of H-pyrrole nitrogens is 1. The zero-order valence-corrected chi connectivity index (χ0v) is 26.4. The number of nitrogens with one attached hydrogen (secondary N) is 1. The summed E-state index contributed by atoms with van der Waals surface area (Å²) in [6.07, 6.45) is -1.97. The van der Waals surface area contributed by atoms with E-state index in [0.717, 1.165) is 0 Å². The van der Waals surface area contributed by atoms with Crippen LogP contribution in [0.4, 0.5) is 0 Å². The Morgan fingerprint density at radius 3 is 1.80 bits per heavy atom. The number of benzene rings is 3. The van der Waals surface area contributed by atoms with Gasteiger partial charge >= 0.3 is 17.9 Å². The van der Waals surface area contributed by atoms with Crippen molar-refractivity contribution in [2.45, 2.75) is 24.5 Å². The predicted octanol–water partition coefficient (Wildman–Crippen LogP) is 6.65. The van der Waals surface area contributed by atoms with Crippen molar-refractivity contribution in [2.24, 2.45) is 0 Å². The Labute approximate surface area is 280 Å². The molecule has 1 saturated heterocycles. The molecule has 3 heterocycles. The van der Waals surface area contributed by atoms with Crippen LogP contribution >= 0.6 is 47.0 Å². The number of nitrogens with zero attached hydrogens (tertiary/aromatic N) is 3. The molecule has 11 nitrogen and oxygen atoms in total. The standard InChI is InChI=1S/C31H21Cl3N4O7S/c32-19-7-1-16(2-8-19)29(39)42-13-22-24(44-30(40)17-3-9-20(33)10-4-17)25(45-31(41)18-5-11-21(34)12-6-18)28(43-22)38-15-37-23-26(38)35-14-36-27(23)46/h1-12,14-15,22,24-25,28H,13H2,(H,35,36,46)/t22-,24-,25-,28+/m0/s1. The first-order valence-corrected chi connectivity index (χ1v) is 15.1. The van der Waals surface area contributed by atoms with Crippen molar-refractivity contribution in [1.82, 2.24) is 19.5 Å². The fraction of sp³-hybridized carbons (Fsp3) is 0.161. The number of aromatic amines is 1. The number of carbonyl (C=O) groups excluding carboxylic acids is 3. The fourth-order valence-corrected chi connectivity index (χ4v) is 5.36. The molecule has 5 aromatic rings. The lowest BCUT2D eigenvalue weighted by Gasteiger charge is -2.25. The minimum atomic E-state index is -1.27. The maximum absolute atomic E-state index is 13.4. The normalized spacial score (nSPS) is 19.1. The lowest BCUT2D eigenvalue weighted by atomic mass is 10.1. The molecule has 0 bridgehead atoms. The van der Waals surface area contributed by atoms with Gasteiger partial charge in [0.2, 0.25) is 0 Å². The molecule has 0 spiro atoms. The molecule has 46 heavy (non-hydrogen) atoms. The summed E-state index contributed by atoms with van der Waals surface area (Å²) < 4.78 is 25.6. The van der Waals surface area contributed by atoms with E-state index in [0.29, 0.717) is 26.2 Å². The van der Waals surface area contributed by atoms with Crippen LogP contribution in [0.25, 0.3) is 11.2 Å². The molecule has 6 rings (SSSR count). The van der Waals surface area contributed by atoms with E-state index in [-0.39, 0.29) is 27.9 Å². The summed E-state index contributed by atoms with van der Waals surface area (Å²) in [4.78, 5) is 51.1. The monoisotopic (exact) mass is 698 g/mol. The molecule has 4 atom stereocenters. The van der Waals surface area contributed by atoms with Crippen LogP contribution in [-0.2, 0) is 18.9 Å². The summed E-state index contributed by atoms with van der Waals surface area (Å²) in [6, 6.07) is 18.2. The molecule has 0 saturated carbocycles. The number of rotatable bonds is 8. The Morgan fingerprint density at radius 1 is 0.761 bits per heavy atom. The average molecular weight is 700 g/mol. The number of fused-ring (bicyclic) bond motifs is 1. The van der Waals surface area contributed by atoms with Gasteiger partial charge in [0.05, 0.1) is 29.3 Å². The van der Waals surface area contributed by atoms with Crippen molar-refractivity contribution in [3.8, 4) is 0 Å². The molecule has 0 aliphatic carbocycles. The van der Waals surface area contributed by atoms with E-state index in [2.05, 4.69) is 15.0 Å². The van der Waals surface area contributed by atoms with Crippen molar-refractivity contribution >= 4 is 76.1 Å². The molecule has 15 heteroatoms. The highest BCUT2D eigenvalue weighted by Gasteiger charge is 2.51. The van der Waals surface area contributed by atoms with E-state index in [1.807, 2.05) is 0 Å². The summed E-state index contributed by atoms with van der Waals surface area (Å²) in [7, 11) is 0. The van der Waals surface area contributed by atoms with Crippen molar-refractivity contribution in [2.75, 3.05) is 6.61 Å². The van der Waals surface area contributed by atoms with E-state index in [1.54, 1.807) is 12.1 Å². The molecule has 234 valence electrons. The molecule has 1 aliphatic heterocycles. The molecular formula is C31H21Cl3N4O7S. The van der Waals surface area contributed by atoms with Gasteiger partial charge in [0.15, 0.2) is 23.1 Å². The number of carbonyl (C=O) groups is 3. The van der Waals surface area contributed by atoms with Gasteiger partial charge in [-0.15, -0.1) is 0 Å². The zero-order valence-electron chi connectivity index (χ0n) is 23.3. The molecule has 0 amide bonds. The van der Waals surface area contributed by atoms with Crippen LogP contribution < -0.4 is 0 Å². The number of esters is 3. The minimum Gasteiger partial charge on any atom is -0.459 e. The second kappa shape index (κ2) is 13.6. The first kappa shape index (κ1) is 31.6. The number of aromatic nitrogens is 4. The molecule has 2 aromatic heterocycles. The van der Waals surface area contributed by atoms with Crippen LogP contribution in [0.2, 0.25) is 15.1 Å². The van der Waals surface area contributed by atoms with Crippen LogP contribution in [0.3, 0.4) is 0 Å². The van der Waals surface area contributed by atoms with E-state index in [4.69, 9.17) is 66.0 Å². The quantitative estimate of drug-likeness (QED) is 0.107. The van der Waals surface area contributed by atoms with Crippen LogP contribution in [-0.4, -0.2) is 62.3 Å². The summed E-state index contributed by atoms with van der Waals surface area (Å²) >= 11 is 23.3. The highest BCUT2D eigenvalue weighted by atomic mass is 35.5. The fourth-order valence-electron chi connectivity index (χ4n) is 4.78. The maximum Gasteiger partial charge on any atom is 0.338 e. The van der Waals surface area contributed by atoms with Gasteiger partial charge in [-0.2, -0.15) is 0 Å². The Kier molecular flexibility index (Phi) is 9.34. The highest BCUT2D eigenvalue weighted by molar-refractivity contribution is 7.71. The average Bonchev–Trinajstić information content (AvgIpc) is 3.62. The van der Waals surface area contributed by atoms with Gasteiger partial charge in [0, 0.05) is 15.1 Å². The summed E-state index contributed by atoms with van der Waals surface area (Å²) in [5.41, 5.74) is 1.36. The maximum atomic E-state index is 13.4.